The normalized spacial score (nSPS) is 18.1. The van der Waals surface area contributed by atoms with E-state index in [1.807, 2.05) is 0 Å². The largest absolute Gasteiger partial charge is 0.496 e. The van der Waals surface area contributed by atoms with Gasteiger partial charge in [0.15, 0.2) is 0 Å². The summed E-state index contributed by atoms with van der Waals surface area (Å²) in [6, 6.07) is 1.48. The van der Waals surface area contributed by atoms with Crippen molar-refractivity contribution in [2.45, 2.75) is 19.1 Å². The van der Waals surface area contributed by atoms with E-state index in [1.165, 1.54) is 19.1 Å². The van der Waals surface area contributed by atoms with Gasteiger partial charge < -0.3 is 14.8 Å². The fraction of sp³-hybridized carbons (Fsp3) is 0.600. The summed E-state index contributed by atoms with van der Waals surface area (Å²) in [5.74, 6) is 0.412. The van der Waals surface area contributed by atoms with Crippen LogP contribution in [-0.2, 0) is 0 Å². The Balaban J connectivity index is 2.55. The van der Waals surface area contributed by atoms with E-state index in [4.69, 9.17) is 9.47 Å². The lowest BCUT2D eigenvalue weighted by Crippen LogP contribution is -2.49. The van der Waals surface area contributed by atoms with Crippen LogP contribution in [0.2, 0.25) is 0 Å². The summed E-state index contributed by atoms with van der Waals surface area (Å²) in [5, 5.41) is 3.07. The Kier molecular flexibility index (Phi) is 5.18. The first-order valence-electron chi connectivity index (χ1n) is 7.12. The molecule has 124 valence electrons. The van der Waals surface area contributed by atoms with Crippen molar-refractivity contribution >= 4 is 0 Å². The van der Waals surface area contributed by atoms with E-state index in [9.17, 15) is 13.2 Å². The van der Waals surface area contributed by atoms with Crippen molar-refractivity contribution in [3.05, 3.63) is 23.3 Å². The fourth-order valence-corrected chi connectivity index (χ4v) is 2.83. The molecule has 1 aliphatic heterocycles. The van der Waals surface area contributed by atoms with Crippen molar-refractivity contribution in [1.29, 1.82) is 0 Å². The number of methoxy groups -OCH3 is 2. The zero-order valence-corrected chi connectivity index (χ0v) is 13.0. The third-order valence-electron chi connectivity index (χ3n) is 3.79. The number of nitrogens with zero attached hydrogens (tertiary/aromatic N) is 1. The Morgan fingerprint density at radius 2 is 1.59 bits per heavy atom. The SMILES string of the molecule is COc1cc(C)cc(OC)c1[C@H](N1CCNCC1)C(F)(F)F. The first-order valence-corrected chi connectivity index (χ1v) is 7.12. The lowest BCUT2D eigenvalue weighted by molar-refractivity contribution is -0.188. The Morgan fingerprint density at radius 3 is 2.00 bits per heavy atom. The van der Waals surface area contributed by atoms with Crippen LogP contribution in [0.5, 0.6) is 11.5 Å². The second-order valence-corrected chi connectivity index (χ2v) is 5.31. The second-order valence-electron chi connectivity index (χ2n) is 5.31. The predicted molar refractivity (Wildman–Crippen MR) is 77.5 cm³/mol. The molecular formula is C15H21F3N2O2. The Bertz CT molecular complexity index is 489. The van der Waals surface area contributed by atoms with Gasteiger partial charge in [-0.1, -0.05) is 0 Å². The van der Waals surface area contributed by atoms with Crippen LogP contribution >= 0.6 is 0 Å². The van der Waals surface area contributed by atoms with Gasteiger partial charge in [-0.3, -0.25) is 4.90 Å². The number of piperazine rings is 1. The molecule has 0 unspecified atom stereocenters. The molecule has 0 saturated carbocycles. The quantitative estimate of drug-likeness (QED) is 0.925. The van der Waals surface area contributed by atoms with Crippen molar-refractivity contribution in [2.75, 3.05) is 40.4 Å². The molecular weight excluding hydrogens is 297 g/mol. The van der Waals surface area contributed by atoms with Crippen LogP contribution in [0.25, 0.3) is 0 Å². The molecule has 1 aromatic carbocycles. The average molecular weight is 318 g/mol. The van der Waals surface area contributed by atoms with Crippen LogP contribution in [0.15, 0.2) is 12.1 Å². The van der Waals surface area contributed by atoms with E-state index in [1.54, 1.807) is 19.1 Å². The number of benzene rings is 1. The summed E-state index contributed by atoms with van der Waals surface area (Å²) in [5.41, 5.74) is 0.837. The minimum Gasteiger partial charge on any atom is -0.496 e. The number of aryl methyl sites for hydroxylation is 1. The van der Waals surface area contributed by atoms with Gasteiger partial charge >= 0.3 is 6.18 Å². The van der Waals surface area contributed by atoms with E-state index in [0.29, 0.717) is 26.2 Å². The minimum absolute atomic E-state index is 0.0463. The number of hydrogen-bond donors (Lipinski definition) is 1. The second kappa shape index (κ2) is 6.75. The third-order valence-corrected chi connectivity index (χ3v) is 3.79. The van der Waals surface area contributed by atoms with Gasteiger partial charge in [0.1, 0.15) is 17.5 Å². The Hall–Kier alpha value is -1.47. The van der Waals surface area contributed by atoms with Crippen LogP contribution in [0, 0.1) is 6.92 Å². The highest BCUT2D eigenvalue weighted by molar-refractivity contribution is 5.50. The first-order chi connectivity index (χ1) is 10.4. The van der Waals surface area contributed by atoms with Crippen LogP contribution in [0.3, 0.4) is 0 Å². The molecule has 0 radical (unpaired) electrons. The summed E-state index contributed by atoms with van der Waals surface area (Å²) >= 11 is 0. The molecule has 1 N–H and O–H groups in total. The highest BCUT2D eigenvalue weighted by Gasteiger charge is 2.47. The maximum absolute atomic E-state index is 13.8. The molecule has 1 fully saturated rings. The van der Waals surface area contributed by atoms with Gasteiger partial charge in [-0.05, 0) is 24.6 Å². The minimum atomic E-state index is -4.41. The maximum atomic E-state index is 13.8. The van der Waals surface area contributed by atoms with Crippen molar-refractivity contribution in [2.24, 2.45) is 0 Å². The molecule has 0 bridgehead atoms. The van der Waals surface area contributed by atoms with Crippen molar-refractivity contribution in [3.8, 4) is 11.5 Å². The zero-order valence-electron chi connectivity index (χ0n) is 13.0. The van der Waals surface area contributed by atoms with Gasteiger partial charge in [0, 0.05) is 26.2 Å². The summed E-state index contributed by atoms with van der Waals surface area (Å²) in [7, 11) is 2.76. The first kappa shape index (κ1) is 16.9. The highest BCUT2D eigenvalue weighted by atomic mass is 19.4. The number of rotatable bonds is 4. The van der Waals surface area contributed by atoms with E-state index in [-0.39, 0.29) is 17.1 Å². The van der Waals surface area contributed by atoms with Gasteiger partial charge in [-0.15, -0.1) is 0 Å². The lowest BCUT2D eigenvalue weighted by Gasteiger charge is -2.37. The van der Waals surface area contributed by atoms with E-state index >= 15 is 0 Å². The number of hydrogen-bond acceptors (Lipinski definition) is 4. The van der Waals surface area contributed by atoms with Crippen LogP contribution < -0.4 is 14.8 Å². The standard InChI is InChI=1S/C15H21F3N2O2/c1-10-8-11(21-2)13(12(9-10)22-3)14(15(16,17)18)20-6-4-19-5-7-20/h8-9,14,19H,4-7H2,1-3H3/t14-/m0/s1. The van der Waals surface area contributed by atoms with Crippen LogP contribution in [0.4, 0.5) is 13.2 Å². The molecule has 0 aliphatic carbocycles. The van der Waals surface area contributed by atoms with Gasteiger partial charge in [0.25, 0.3) is 0 Å². The number of ether oxygens (including phenoxy) is 2. The predicted octanol–water partition coefficient (Wildman–Crippen LogP) is 2.52. The smallest absolute Gasteiger partial charge is 0.408 e. The Morgan fingerprint density at radius 1 is 1.09 bits per heavy atom. The summed E-state index contributed by atoms with van der Waals surface area (Å²) in [4.78, 5) is 1.42. The monoisotopic (exact) mass is 318 g/mol. The van der Waals surface area contributed by atoms with Crippen molar-refractivity contribution < 1.29 is 22.6 Å². The molecule has 1 aromatic rings. The molecule has 1 atom stereocenters. The number of alkyl halides is 3. The van der Waals surface area contributed by atoms with E-state index in [2.05, 4.69) is 5.32 Å². The van der Waals surface area contributed by atoms with E-state index < -0.39 is 12.2 Å². The van der Waals surface area contributed by atoms with Crippen LogP contribution in [0.1, 0.15) is 17.2 Å². The van der Waals surface area contributed by atoms with Crippen LogP contribution in [-0.4, -0.2) is 51.5 Å². The molecule has 0 amide bonds. The van der Waals surface area contributed by atoms with Gasteiger partial charge in [-0.2, -0.15) is 13.2 Å². The highest BCUT2D eigenvalue weighted by Crippen LogP contribution is 2.46. The third kappa shape index (κ3) is 3.47. The molecule has 0 spiro atoms. The molecule has 1 heterocycles. The Labute approximate surface area is 128 Å². The zero-order chi connectivity index (χ0) is 16.3. The molecule has 7 heteroatoms. The maximum Gasteiger partial charge on any atom is 0.408 e. The fourth-order valence-electron chi connectivity index (χ4n) is 2.83. The lowest BCUT2D eigenvalue weighted by atomic mass is 9.99. The van der Waals surface area contributed by atoms with Crippen molar-refractivity contribution in [3.63, 3.8) is 0 Å². The molecule has 0 aromatic heterocycles. The molecule has 1 aliphatic rings. The number of halogens is 3. The van der Waals surface area contributed by atoms with Gasteiger partial charge in [0.2, 0.25) is 0 Å². The number of nitrogens with one attached hydrogen (secondary N) is 1. The summed E-state index contributed by atoms with van der Waals surface area (Å²) in [6.07, 6.45) is -4.41. The molecule has 22 heavy (non-hydrogen) atoms. The van der Waals surface area contributed by atoms with Crippen molar-refractivity contribution in [1.82, 2.24) is 10.2 Å². The summed E-state index contributed by atoms with van der Waals surface area (Å²) < 4.78 is 51.7. The summed E-state index contributed by atoms with van der Waals surface area (Å²) in [6.45, 7) is 3.50. The topological polar surface area (TPSA) is 33.7 Å². The molecule has 4 nitrogen and oxygen atoms in total. The molecule has 1 saturated heterocycles. The van der Waals surface area contributed by atoms with Gasteiger partial charge in [0.05, 0.1) is 19.8 Å². The van der Waals surface area contributed by atoms with E-state index in [0.717, 1.165) is 5.56 Å². The average Bonchev–Trinajstić information content (AvgIpc) is 2.48. The molecule has 2 rings (SSSR count). The van der Waals surface area contributed by atoms with Gasteiger partial charge in [-0.25, -0.2) is 0 Å².